The Balaban J connectivity index is 2.20. The normalized spacial score (nSPS) is 33.3. The number of aliphatic imine (C=N–C) groups is 1. The first-order valence-electron chi connectivity index (χ1n) is 6.69. The van der Waals surface area contributed by atoms with Crippen LogP contribution < -0.4 is 5.73 Å². The van der Waals surface area contributed by atoms with Crippen LogP contribution in [0.1, 0.15) is 18.4 Å². The third kappa shape index (κ3) is 2.12. The molecule has 2 N–H and O–H groups in total. The fraction of sp³-hybridized carbons (Fsp3) is 0.500. The third-order valence-corrected chi connectivity index (χ3v) is 4.24. The van der Waals surface area contributed by atoms with Gasteiger partial charge in [0.15, 0.2) is 5.54 Å². The molecule has 1 heterocycles. The molecule has 1 aliphatic heterocycles. The molecule has 3 rings (SSSR count). The summed E-state index contributed by atoms with van der Waals surface area (Å²) in [6.45, 7) is 0. The second kappa shape index (κ2) is 4.82. The van der Waals surface area contributed by atoms with Crippen molar-refractivity contribution < 1.29 is 26.7 Å². The molecule has 3 nitrogen and oxygen atoms in total. The summed E-state index contributed by atoms with van der Waals surface area (Å²) in [7, 11) is 0. The predicted molar refractivity (Wildman–Crippen MR) is 68.2 cm³/mol. The highest BCUT2D eigenvalue weighted by molar-refractivity contribution is 5.73. The van der Waals surface area contributed by atoms with Gasteiger partial charge in [0.05, 0.1) is 0 Å². The molecule has 1 aliphatic carbocycles. The van der Waals surface area contributed by atoms with Gasteiger partial charge in [-0.2, -0.15) is 0 Å². The monoisotopic (exact) mass is 320 g/mol. The fourth-order valence-electron chi connectivity index (χ4n) is 3.36. The molecular formula is C14H13F5N2O. The van der Waals surface area contributed by atoms with Crippen molar-refractivity contribution in [2.24, 2.45) is 16.6 Å². The number of benzene rings is 1. The van der Waals surface area contributed by atoms with Crippen molar-refractivity contribution in [3.63, 3.8) is 0 Å². The van der Waals surface area contributed by atoms with E-state index in [4.69, 9.17) is 10.5 Å². The Bertz CT molecular complexity index is 621. The molecule has 3 atom stereocenters. The summed E-state index contributed by atoms with van der Waals surface area (Å²) in [6, 6.07) is 4.17. The van der Waals surface area contributed by atoms with Crippen molar-refractivity contribution >= 4 is 6.02 Å². The topological polar surface area (TPSA) is 47.6 Å². The van der Waals surface area contributed by atoms with E-state index in [1.54, 1.807) is 0 Å². The number of hydrogen-bond acceptors (Lipinski definition) is 3. The minimum Gasteiger partial charge on any atom is -0.461 e. The summed E-state index contributed by atoms with van der Waals surface area (Å²) >= 11 is 0. The molecule has 0 saturated heterocycles. The van der Waals surface area contributed by atoms with Crippen LogP contribution in [0.2, 0.25) is 0 Å². The zero-order valence-electron chi connectivity index (χ0n) is 11.3. The number of nitrogens with two attached hydrogens (primary N) is 1. The van der Waals surface area contributed by atoms with Crippen molar-refractivity contribution in [1.82, 2.24) is 0 Å². The van der Waals surface area contributed by atoms with Crippen molar-refractivity contribution in [2.75, 3.05) is 0 Å². The number of alkyl halides is 4. The van der Waals surface area contributed by atoms with E-state index in [2.05, 4.69) is 4.99 Å². The van der Waals surface area contributed by atoms with E-state index in [0.717, 1.165) is 12.1 Å². The van der Waals surface area contributed by atoms with Gasteiger partial charge in [-0.25, -0.2) is 26.9 Å². The fourth-order valence-corrected chi connectivity index (χ4v) is 3.36. The van der Waals surface area contributed by atoms with Gasteiger partial charge >= 0.3 is 0 Å². The molecule has 0 unspecified atom stereocenters. The second-order valence-corrected chi connectivity index (χ2v) is 5.58. The Morgan fingerprint density at radius 2 is 1.91 bits per heavy atom. The number of amidine groups is 1. The zero-order chi connectivity index (χ0) is 16.1. The molecule has 0 aromatic heterocycles. The number of halogens is 5. The quantitative estimate of drug-likeness (QED) is 0.852. The van der Waals surface area contributed by atoms with Crippen LogP contribution in [-0.2, 0) is 10.3 Å². The van der Waals surface area contributed by atoms with Gasteiger partial charge in [0, 0.05) is 24.3 Å². The molecule has 22 heavy (non-hydrogen) atoms. The number of nitrogens with zero attached hydrogens (tertiary/aromatic N) is 1. The first-order valence-corrected chi connectivity index (χ1v) is 6.69. The van der Waals surface area contributed by atoms with Crippen molar-refractivity contribution in [2.45, 2.75) is 36.8 Å². The second-order valence-electron chi connectivity index (χ2n) is 5.58. The van der Waals surface area contributed by atoms with E-state index in [1.165, 1.54) is 12.1 Å². The van der Waals surface area contributed by atoms with Crippen LogP contribution in [0.3, 0.4) is 0 Å². The SMILES string of the molecule is NC1=N[C@@](c2ccccc2F)(C(F)F)[C@H]2CC(F)(F)C[C@H]2O1. The Hall–Kier alpha value is -1.86. The number of fused-ring (bicyclic) bond motifs is 1. The molecule has 1 saturated carbocycles. The van der Waals surface area contributed by atoms with Gasteiger partial charge in [-0.15, -0.1) is 0 Å². The Morgan fingerprint density at radius 1 is 1.23 bits per heavy atom. The van der Waals surface area contributed by atoms with E-state index in [-0.39, 0.29) is 0 Å². The molecule has 1 aromatic carbocycles. The first kappa shape index (κ1) is 15.1. The summed E-state index contributed by atoms with van der Waals surface area (Å²) in [4.78, 5) is 3.60. The van der Waals surface area contributed by atoms with Crippen LogP contribution in [0.5, 0.6) is 0 Å². The largest absolute Gasteiger partial charge is 0.461 e. The lowest BCUT2D eigenvalue weighted by Gasteiger charge is -2.41. The van der Waals surface area contributed by atoms with E-state index in [0.29, 0.717) is 0 Å². The van der Waals surface area contributed by atoms with E-state index < -0.39 is 60.2 Å². The maximum absolute atomic E-state index is 14.1. The van der Waals surface area contributed by atoms with E-state index >= 15 is 0 Å². The van der Waals surface area contributed by atoms with Crippen LogP contribution in [0.25, 0.3) is 0 Å². The molecule has 1 aromatic rings. The van der Waals surface area contributed by atoms with Gasteiger partial charge in [-0.3, -0.25) is 0 Å². The molecule has 0 bridgehead atoms. The van der Waals surface area contributed by atoms with Gasteiger partial charge in [-0.05, 0) is 6.07 Å². The highest BCUT2D eigenvalue weighted by Gasteiger charge is 2.63. The average molecular weight is 320 g/mol. The average Bonchev–Trinajstić information content (AvgIpc) is 2.72. The van der Waals surface area contributed by atoms with Gasteiger partial charge in [0.1, 0.15) is 11.9 Å². The highest BCUT2D eigenvalue weighted by Crippen LogP contribution is 2.54. The maximum Gasteiger partial charge on any atom is 0.283 e. The molecule has 1 fully saturated rings. The standard InChI is InChI=1S/C14H13F5N2O/c15-9-4-2-1-3-7(9)14(11(16)17)8-5-13(18,19)6-10(8)22-12(20)21-14/h1-4,8,10-11H,5-6H2,(H2,20,21)/t8-,10+,14+/m0/s1. The number of ether oxygens (including phenoxy) is 1. The summed E-state index contributed by atoms with van der Waals surface area (Å²) in [5.41, 5.74) is 2.51. The highest BCUT2D eigenvalue weighted by atomic mass is 19.3. The van der Waals surface area contributed by atoms with Gasteiger partial charge in [0.2, 0.25) is 0 Å². The molecule has 0 amide bonds. The molecule has 2 aliphatic rings. The van der Waals surface area contributed by atoms with Crippen LogP contribution in [-0.4, -0.2) is 24.5 Å². The van der Waals surface area contributed by atoms with Crippen molar-refractivity contribution in [3.05, 3.63) is 35.6 Å². The van der Waals surface area contributed by atoms with Crippen LogP contribution >= 0.6 is 0 Å². The van der Waals surface area contributed by atoms with Crippen molar-refractivity contribution in [1.29, 1.82) is 0 Å². The lowest BCUT2D eigenvalue weighted by molar-refractivity contribution is -0.0392. The maximum atomic E-state index is 14.1. The van der Waals surface area contributed by atoms with Crippen LogP contribution in [0.4, 0.5) is 22.0 Å². The van der Waals surface area contributed by atoms with Crippen LogP contribution in [0.15, 0.2) is 29.3 Å². The lowest BCUT2D eigenvalue weighted by Crippen LogP contribution is -2.51. The molecule has 8 heteroatoms. The summed E-state index contributed by atoms with van der Waals surface area (Å²) in [6.07, 6.45) is -6.02. The van der Waals surface area contributed by atoms with Crippen LogP contribution in [0, 0.1) is 11.7 Å². The van der Waals surface area contributed by atoms with E-state index in [1.807, 2.05) is 0 Å². The third-order valence-electron chi connectivity index (χ3n) is 4.24. The molecule has 0 radical (unpaired) electrons. The molecule has 120 valence electrons. The Kier molecular flexibility index (Phi) is 3.30. The predicted octanol–water partition coefficient (Wildman–Crippen LogP) is 3.04. The van der Waals surface area contributed by atoms with Gasteiger partial charge in [-0.1, -0.05) is 18.2 Å². The molecule has 0 spiro atoms. The Labute approximate surface area is 123 Å². The van der Waals surface area contributed by atoms with Crippen molar-refractivity contribution in [3.8, 4) is 0 Å². The minimum absolute atomic E-state index is 0.441. The zero-order valence-corrected chi connectivity index (χ0v) is 11.3. The van der Waals surface area contributed by atoms with Gasteiger partial charge < -0.3 is 10.5 Å². The van der Waals surface area contributed by atoms with Gasteiger partial charge in [0.25, 0.3) is 18.4 Å². The first-order chi connectivity index (χ1) is 10.3. The number of hydrogen-bond donors (Lipinski definition) is 1. The minimum atomic E-state index is -3.20. The summed E-state index contributed by atoms with van der Waals surface area (Å²) in [5.74, 6) is -5.47. The van der Waals surface area contributed by atoms with E-state index in [9.17, 15) is 22.0 Å². The lowest BCUT2D eigenvalue weighted by atomic mass is 9.75. The summed E-state index contributed by atoms with van der Waals surface area (Å²) in [5, 5.41) is 0. The molecular weight excluding hydrogens is 307 g/mol. The smallest absolute Gasteiger partial charge is 0.283 e. The number of rotatable bonds is 2. The Morgan fingerprint density at radius 3 is 2.55 bits per heavy atom. The summed E-state index contributed by atoms with van der Waals surface area (Å²) < 4.78 is 74.2.